The molecule has 0 saturated carbocycles. The van der Waals surface area contributed by atoms with Crippen LogP contribution in [0, 0.1) is 19.7 Å². The fourth-order valence-corrected chi connectivity index (χ4v) is 3.35. The van der Waals surface area contributed by atoms with Crippen LogP contribution in [0.1, 0.15) is 11.4 Å². The van der Waals surface area contributed by atoms with Gasteiger partial charge in [-0.05, 0) is 32.0 Å². The summed E-state index contributed by atoms with van der Waals surface area (Å²) in [5.74, 6) is 1.15. The highest BCUT2D eigenvalue weighted by atomic mass is 19.1. The molecule has 0 saturated heterocycles. The predicted octanol–water partition coefficient (Wildman–Crippen LogP) is 3.02. The second kappa shape index (κ2) is 7.47. The summed E-state index contributed by atoms with van der Waals surface area (Å²) in [6.45, 7) is 3.76. The summed E-state index contributed by atoms with van der Waals surface area (Å²) < 4.78 is 22.0. The Morgan fingerprint density at radius 2 is 1.93 bits per heavy atom. The standard InChI is InChI=1S/C20H21FN8O/c1-11-19(30-4)12(2)29(26-11)17-9-16(22)25-20-14(7-8-23-17)18(27-28(20)3)15-6-5-13(21)10-24-15/h5-10,25H,22H2,1-4H3. The summed E-state index contributed by atoms with van der Waals surface area (Å²) in [6, 6.07) is 6.40. The number of hydrogen-bond donors (Lipinski definition) is 2. The molecule has 30 heavy (non-hydrogen) atoms. The number of H-pyrrole nitrogens is 1. The van der Waals surface area contributed by atoms with E-state index in [2.05, 4.69) is 25.1 Å². The van der Waals surface area contributed by atoms with Gasteiger partial charge in [0.25, 0.3) is 0 Å². The van der Waals surface area contributed by atoms with Crippen molar-refractivity contribution in [2.24, 2.45) is 7.05 Å². The molecule has 4 aromatic rings. The number of rotatable bonds is 3. The molecule has 0 aliphatic heterocycles. The molecule has 4 rings (SSSR count). The van der Waals surface area contributed by atoms with Gasteiger partial charge in [-0.2, -0.15) is 10.2 Å². The van der Waals surface area contributed by atoms with Gasteiger partial charge in [-0.1, -0.05) is 0 Å². The van der Waals surface area contributed by atoms with Gasteiger partial charge in [-0.25, -0.2) is 14.1 Å². The molecule has 9 nitrogen and oxygen atoms in total. The number of methoxy groups -OCH3 is 1. The maximum absolute atomic E-state index is 13.3. The number of pyridine rings is 1. The first-order valence-corrected chi connectivity index (χ1v) is 9.17. The van der Waals surface area contributed by atoms with Crippen molar-refractivity contribution < 1.29 is 9.13 Å². The van der Waals surface area contributed by atoms with Crippen LogP contribution in [0.2, 0.25) is 0 Å². The number of nitrogens with one attached hydrogen (secondary N) is 1. The van der Waals surface area contributed by atoms with Crippen LogP contribution in [-0.4, -0.2) is 41.6 Å². The van der Waals surface area contributed by atoms with Gasteiger partial charge in [0.1, 0.15) is 28.7 Å². The first kappa shape index (κ1) is 19.4. The van der Waals surface area contributed by atoms with E-state index in [4.69, 9.17) is 10.5 Å². The summed E-state index contributed by atoms with van der Waals surface area (Å²) in [5, 5.41) is 9.74. The second-order valence-electron chi connectivity index (χ2n) is 6.74. The van der Waals surface area contributed by atoms with E-state index in [1.165, 1.54) is 6.07 Å². The zero-order valence-corrected chi connectivity index (χ0v) is 17.0. The molecule has 0 aromatic carbocycles. The number of aryl methyl sites for hydroxylation is 2. The van der Waals surface area contributed by atoms with E-state index in [1.807, 2.05) is 13.8 Å². The van der Waals surface area contributed by atoms with Crippen molar-refractivity contribution in [2.45, 2.75) is 13.8 Å². The predicted molar refractivity (Wildman–Crippen MR) is 111 cm³/mol. The van der Waals surface area contributed by atoms with Crippen LogP contribution >= 0.6 is 0 Å². The average molecular weight is 408 g/mol. The maximum atomic E-state index is 13.3. The zero-order chi connectivity index (χ0) is 21.4. The lowest BCUT2D eigenvalue weighted by Gasteiger charge is -2.02. The molecule has 0 atom stereocenters. The summed E-state index contributed by atoms with van der Waals surface area (Å²) in [7, 11) is 3.39. The molecule has 154 valence electrons. The number of nitrogens with two attached hydrogens (primary N) is 1. The maximum Gasteiger partial charge on any atom is 0.163 e. The number of aromatic amines is 1. The molecule has 0 amide bonds. The van der Waals surface area contributed by atoms with Crippen LogP contribution in [0.3, 0.4) is 0 Å². The molecule has 3 N–H and O–H groups in total. The van der Waals surface area contributed by atoms with Crippen LogP contribution in [0.15, 0.2) is 36.7 Å². The van der Waals surface area contributed by atoms with Gasteiger partial charge >= 0.3 is 0 Å². The number of aromatic nitrogens is 7. The van der Waals surface area contributed by atoms with Crippen molar-refractivity contribution in [3.05, 3.63) is 53.9 Å². The fourth-order valence-electron chi connectivity index (χ4n) is 3.35. The molecule has 0 bridgehead atoms. The largest absolute Gasteiger partial charge is 0.493 e. The van der Waals surface area contributed by atoms with Crippen molar-refractivity contribution in [1.29, 1.82) is 0 Å². The van der Waals surface area contributed by atoms with E-state index in [0.29, 0.717) is 34.4 Å². The molecule has 0 unspecified atom stereocenters. The second-order valence-corrected chi connectivity index (χ2v) is 6.74. The highest BCUT2D eigenvalue weighted by Gasteiger charge is 2.15. The first-order chi connectivity index (χ1) is 14.4. The number of nitrogens with zero attached hydrogens (tertiary/aromatic N) is 6. The number of halogens is 1. The minimum atomic E-state index is -0.412. The highest BCUT2D eigenvalue weighted by Crippen LogP contribution is 2.26. The Kier molecular flexibility index (Phi) is 4.82. The Labute approximate surface area is 171 Å². The monoisotopic (exact) mass is 408 g/mol. The summed E-state index contributed by atoms with van der Waals surface area (Å²) in [5.41, 5.74) is 9.57. The minimum absolute atomic E-state index is 0.354. The van der Waals surface area contributed by atoms with E-state index in [-0.39, 0.29) is 0 Å². The van der Waals surface area contributed by atoms with Crippen LogP contribution in [0.4, 0.5) is 10.2 Å². The molecular formula is C20H21FN8O. The smallest absolute Gasteiger partial charge is 0.163 e. The SMILES string of the molecule is COc1c(C)nn(-c2cc(N)[nH]c3c(ccn2)c(-c2ccc(F)cn2)nn3C)c1C. The van der Waals surface area contributed by atoms with E-state index in [0.717, 1.165) is 23.0 Å². The Hall–Kier alpha value is -3.95. The van der Waals surface area contributed by atoms with E-state index >= 15 is 0 Å². The number of fused-ring (bicyclic) bond motifs is 1. The van der Waals surface area contributed by atoms with Crippen molar-refractivity contribution in [3.63, 3.8) is 0 Å². The topological polar surface area (TPSA) is 112 Å². The van der Waals surface area contributed by atoms with Crippen molar-refractivity contribution in [1.82, 2.24) is 34.5 Å². The van der Waals surface area contributed by atoms with Crippen molar-refractivity contribution >= 4 is 16.9 Å². The third-order valence-electron chi connectivity index (χ3n) is 4.70. The van der Waals surface area contributed by atoms with Crippen LogP contribution in [-0.2, 0) is 7.05 Å². The highest BCUT2D eigenvalue weighted by molar-refractivity contribution is 5.89. The fraction of sp³-hybridized carbons (Fsp3) is 0.200. The van der Waals surface area contributed by atoms with Crippen molar-refractivity contribution in [3.8, 4) is 23.0 Å². The quantitative estimate of drug-likeness (QED) is 0.539. The molecular weight excluding hydrogens is 387 g/mol. The van der Waals surface area contributed by atoms with Crippen molar-refractivity contribution in [2.75, 3.05) is 12.8 Å². The molecule has 0 spiro atoms. The van der Waals surface area contributed by atoms with Gasteiger partial charge in [0.05, 0.1) is 24.7 Å². The number of nitrogen functional groups attached to an aromatic ring is 1. The van der Waals surface area contributed by atoms with Gasteiger partial charge in [0.2, 0.25) is 0 Å². The molecule has 4 heterocycles. The molecule has 10 heteroatoms. The normalized spacial score (nSPS) is 11.0. The lowest BCUT2D eigenvalue weighted by molar-refractivity contribution is 0.408. The van der Waals surface area contributed by atoms with E-state index in [1.54, 1.807) is 47.9 Å². The number of ether oxygens (including phenoxy) is 1. The van der Waals surface area contributed by atoms with Crippen LogP contribution in [0.5, 0.6) is 5.75 Å². The average Bonchev–Trinajstić information content (AvgIpc) is 3.19. The molecule has 4 aromatic heterocycles. The Morgan fingerprint density at radius 3 is 2.60 bits per heavy atom. The van der Waals surface area contributed by atoms with Crippen LogP contribution < -0.4 is 10.5 Å². The third kappa shape index (κ3) is 3.32. The Bertz CT molecular complexity index is 1280. The summed E-state index contributed by atoms with van der Waals surface area (Å²) in [4.78, 5) is 11.8. The third-order valence-corrected chi connectivity index (χ3v) is 4.70. The Morgan fingerprint density at radius 1 is 1.13 bits per heavy atom. The van der Waals surface area contributed by atoms with E-state index in [9.17, 15) is 4.39 Å². The van der Waals surface area contributed by atoms with Gasteiger partial charge < -0.3 is 15.5 Å². The number of hydrogen-bond acceptors (Lipinski definition) is 6. The van der Waals surface area contributed by atoms with Gasteiger partial charge in [-0.3, -0.25) is 9.67 Å². The first-order valence-electron chi connectivity index (χ1n) is 9.17. The summed E-state index contributed by atoms with van der Waals surface area (Å²) >= 11 is 0. The molecule has 0 aliphatic rings. The lowest BCUT2D eigenvalue weighted by Crippen LogP contribution is -2.02. The minimum Gasteiger partial charge on any atom is -0.493 e. The number of anilines is 1. The molecule has 0 aliphatic carbocycles. The Balaban J connectivity index is 1.95. The van der Waals surface area contributed by atoms with Gasteiger partial charge in [0, 0.05) is 24.7 Å². The van der Waals surface area contributed by atoms with E-state index < -0.39 is 5.82 Å². The lowest BCUT2D eigenvalue weighted by atomic mass is 10.2. The molecule has 0 fully saturated rings. The zero-order valence-electron chi connectivity index (χ0n) is 17.0. The molecule has 0 radical (unpaired) electrons. The van der Waals surface area contributed by atoms with Gasteiger partial charge in [-0.15, -0.1) is 0 Å². The van der Waals surface area contributed by atoms with Gasteiger partial charge in [0.15, 0.2) is 11.6 Å². The van der Waals surface area contributed by atoms with Crippen LogP contribution in [0.25, 0.3) is 28.2 Å². The summed E-state index contributed by atoms with van der Waals surface area (Å²) in [6.07, 6.45) is 2.80.